The Labute approximate surface area is 222 Å². The van der Waals surface area contributed by atoms with Gasteiger partial charge in [0.25, 0.3) is 0 Å². The lowest BCUT2D eigenvalue weighted by Gasteiger charge is -2.22. The summed E-state index contributed by atoms with van der Waals surface area (Å²) in [5.41, 5.74) is 8.23. The van der Waals surface area contributed by atoms with E-state index >= 15 is 0 Å². The smallest absolute Gasteiger partial charge is 0.00262 e. The molecule has 1 aliphatic rings. The molecular formula is C38H26. The van der Waals surface area contributed by atoms with E-state index in [1.165, 1.54) is 76.5 Å². The second-order valence-corrected chi connectivity index (χ2v) is 10.4. The summed E-state index contributed by atoms with van der Waals surface area (Å²) < 4.78 is 0. The number of hydrogen-bond acceptors (Lipinski definition) is 0. The third kappa shape index (κ3) is 3.24. The fraction of sp³-hybridized carbons (Fsp3) is 0.0526. The maximum atomic E-state index is 2.42. The molecule has 0 spiro atoms. The van der Waals surface area contributed by atoms with Crippen LogP contribution in [-0.4, -0.2) is 0 Å². The topological polar surface area (TPSA) is 0 Å². The van der Waals surface area contributed by atoms with E-state index in [2.05, 4.69) is 133 Å². The molecule has 8 rings (SSSR count). The predicted octanol–water partition coefficient (Wildman–Crippen LogP) is 10.5. The van der Waals surface area contributed by atoms with E-state index in [1.807, 2.05) is 0 Å². The quantitative estimate of drug-likeness (QED) is 0.170. The molecule has 0 amide bonds. The van der Waals surface area contributed by atoms with Crippen LogP contribution in [0, 0.1) is 0 Å². The van der Waals surface area contributed by atoms with E-state index in [0.717, 1.165) is 12.8 Å². The van der Waals surface area contributed by atoms with Crippen molar-refractivity contribution in [1.82, 2.24) is 0 Å². The molecule has 0 heterocycles. The van der Waals surface area contributed by atoms with Crippen LogP contribution in [0.2, 0.25) is 0 Å². The number of rotatable bonds is 2. The molecule has 7 aromatic carbocycles. The second-order valence-electron chi connectivity index (χ2n) is 10.4. The lowest BCUT2D eigenvalue weighted by atomic mass is 9.81. The summed E-state index contributed by atoms with van der Waals surface area (Å²) in [4.78, 5) is 0. The Morgan fingerprint density at radius 1 is 0.395 bits per heavy atom. The fourth-order valence-electron chi connectivity index (χ4n) is 6.58. The summed E-state index contributed by atoms with van der Waals surface area (Å²) in [6.07, 6.45) is 4.58. The van der Waals surface area contributed by atoms with E-state index in [0.29, 0.717) is 0 Å². The van der Waals surface area contributed by atoms with E-state index in [-0.39, 0.29) is 0 Å². The van der Waals surface area contributed by atoms with Gasteiger partial charge >= 0.3 is 0 Å². The molecule has 0 atom stereocenters. The number of allylic oxidation sites excluding steroid dienone is 1. The zero-order chi connectivity index (χ0) is 25.1. The van der Waals surface area contributed by atoms with Crippen LogP contribution in [0.25, 0.3) is 65.9 Å². The van der Waals surface area contributed by atoms with Gasteiger partial charge in [0.15, 0.2) is 0 Å². The van der Waals surface area contributed by atoms with Crippen molar-refractivity contribution < 1.29 is 0 Å². The van der Waals surface area contributed by atoms with Gasteiger partial charge in [-0.3, -0.25) is 0 Å². The van der Waals surface area contributed by atoms with E-state index in [9.17, 15) is 0 Å². The molecule has 7 aromatic rings. The summed E-state index contributed by atoms with van der Waals surface area (Å²) in [5.74, 6) is 0. The van der Waals surface area contributed by atoms with Crippen molar-refractivity contribution in [1.29, 1.82) is 0 Å². The van der Waals surface area contributed by atoms with Gasteiger partial charge in [0.1, 0.15) is 0 Å². The van der Waals surface area contributed by atoms with Gasteiger partial charge in [0.2, 0.25) is 0 Å². The van der Waals surface area contributed by atoms with Crippen LogP contribution < -0.4 is 0 Å². The fourth-order valence-corrected chi connectivity index (χ4v) is 6.58. The highest BCUT2D eigenvalue weighted by Gasteiger charge is 2.20. The Hall–Kier alpha value is -4.68. The minimum Gasteiger partial charge on any atom is -0.0620 e. The lowest BCUT2D eigenvalue weighted by Crippen LogP contribution is -2.01. The van der Waals surface area contributed by atoms with Crippen molar-refractivity contribution in [2.24, 2.45) is 0 Å². The first-order valence-corrected chi connectivity index (χ1v) is 13.5. The highest BCUT2D eigenvalue weighted by Crippen LogP contribution is 2.44. The van der Waals surface area contributed by atoms with Gasteiger partial charge in [-0.25, -0.2) is 0 Å². The molecule has 0 saturated heterocycles. The molecule has 0 heteroatoms. The molecule has 38 heavy (non-hydrogen) atoms. The van der Waals surface area contributed by atoms with Crippen molar-refractivity contribution in [2.45, 2.75) is 12.8 Å². The molecule has 1 aliphatic carbocycles. The van der Waals surface area contributed by atoms with Crippen molar-refractivity contribution >= 4 is 54.7 Å². The van der Waals surface area contributed by atoms with Crippen molar-refractivity contribution in [3.05, 3.63) is 144 Å². The van der Waals surface area contributed by atoms with E-state index < -0.39 is 0 Å². The third-order valence-electron chi connectivity index (χ3n) is 8.33. The summed E-state index contributed by atoms with van der Waals surface area (Å²) in [5, 5.41) is 10.5. The Bertz CT molecular complexity index is 2020. The summed E-state index contributed by atoms with van der Waals surface area (Å²) >= 11 is 0. The summed E-state index contributed by atoms with van der Waals surface area (Å²) in [6, 6.07) is 47.0. The monoisotopic (exact) mass is 482 g/mol. The molecule has 0 saturated carbocycles. The van der Waals surface area contributed by atoms with Crippen LogP contribution in [0.4, 0.5) is 0 Å². The average molecular weight is 483 g/mol. The maximum Gasteiger partial charge on any atom is -0.00262 e. The highest BCUT2D eigenvalue weighted by molar-refractivity contribution is 6.20. The second kappa shape index (κ2) is 8.43. The zero-order valence-electron chi connectivity index (χ0n) is 21.1. The molecule has 0 N–H and O–H groups in total. The average Bonchev–Trinajstić information content (AvgIpc) is 2.99. The molecule has 0 nitrogen and oxygen atoms in total. The molecule has 0 radical (unpaired) electrons. The number of benzene rings is 7. The predicted molar refractivity (Wildman–Crippen MR) is 165 cm³/mol. The molecular weight excluding hydrogens is 456 g/mol. The van der Waals surface area contributed by atoms with Crippen LogP contribution >= 0.6 is 0 Å². The number of aryl methyl sites for hydroxylation is 1. The highest BCUT2D eigenvalue weighted by atomic mass is 14.2. The maximum absolute atomic E-state index is 2.42. The van der Waals surface area contributed by atoms with Crippen LogP contribution in [0.15, 0.2) is 127 Å². The van der Waals surface area contributed by atoms with Gasteiger partial charge < -0.3 is 0 Å². The Kier molecular flexibility index (Phi) is 4.75. The van der Waals surface area contributed by atoms with Gasteiger partial charge in [0.05, 0.1) is 0 Å². The summed E-state index contributed by atoms with van der Waals surface area (Å²) in [7, 11) is 0. The van der Waals surface area contributed by atoms with Crippen molar-refractivity contribution in [3.63, 3.8) is 0 Å². The number of fused-ring (bicyclic) bond motifs is 6. The van der Waals surface area contributed by atoms with Crippen LogP contribution in [0.5, 0.6) is 0 Å². The number of hydrogen-bond donors (Lipinski definition) is 0. The van der Waals surface area contributed by atoms with E-state index in [4.69, 9.17) is 0 Å². The Balaban J connectivity index is 1.43. The first-order valence-electron chi connectivity index (χ1n) is 13.5. The van der Waals surface area contributed by atoms with Crippen LogP contribution in [-0.2, 0) is 6.42 Å². The SMILES string of the molecule is C1=C(c2c3ccccc3c(-c3ccc4c(ccc5ccccc54)c3)c3ccccc23)CCc2ccccc21. The van der Waals surface area contributed by atoms with E-state index in [1.54, 1.807) is 0 Å². The first kappa shape index (κ1) is 21.4. The molecule has 0 unspecified atom stereocenters. The molecule has 0 aliphatic heterocycles. The molecule has 178 valence electrons. The zero-order valence-corrected chi connectivity index (χ0v) is 21.1. The standard InChI is InChI=1S/C38H26/c1-2-11-27-23-29(20-17-25(27)9-1)37-33-13-5-7-15-35(33)38(36-16-8-6-14-34(36)37)30-21-22-32-28(24-30)19-18-26-10-3-4-12-31(26)32/h1-16,18-19,21-24H,17,20H2. The van der Waals surface area contributed by atoms with Gasteiger partial charge in [0, 0.05) is 0 Å². The van der Waals surface area contributed by atoms with Crippen LogP contribution in [0.3, 0.4) is 0 Å². The molecule has 0 aromatic heterocycles. The molecule has 0 bridgehead atoms. The Morgan fingerprint density at radius 2 is 0.974 bits per heavy atom. The third-order valence-corrected chi connectivity index (χ3v) is 8.33. The minimum atomic E-state index is 1.06. The normalized spacial score (nSPS) is 13.2. The van der Waals surface area contributed by atoms with Gasteiger partial charge in [-0.05, 0) is 95.4 Å². The van der Waals surface area contributed by atoms with Gasteiger partial charge in [-0.15, -0.1) is 0 Å². The minimum absolute atomic E-state index is 1.06. The van der Waals surface area contributed by atoms with Crippen molar-refractivity contribution in [2.75, 3.05) is 0 Å². The summed E-state index contributed by atoms with van der Waals surface area (Å²) in [6.45, 7) is 0. The Morgan fingerprint density at radius 3 is 1.74 bits per heavy atom. The first-order chi connectivity index (χ1) is 18.8. The van der Waals surface area contributed by atoms with Crippen molar-refractivity contribution in [3.8, 4) is 11.1 Å². The molecule has 0 fully saturated rings. The van der Waals surface area contributed by atoms with Crippen LogP contribution in [0.1, 0.15) is 23.1 Å². The van der Waals surface area contributed by atoms with Gasteiger partial charge in [-0.2, -0.15) is 0 Å². The van der Waals surface area contributed by atoms with Gasteiger partial charge in [-0.1, -0.05) is 127 Å². The largest absolute Gasteiger partial charge is 0.0620 e. The lowest BCUT2D eigenvalue weighted by molar-refractivity contribution is 1.00.